The molecule has 2 amide bonds. The van der Waals surface area contributed by atoms with Crippen molar-refractivity contribution >= 4 is 11.8 Å². The highest BCUT2D eigenvalue weighted by Crippen LogP contribution is 2.35. The summed E-state index contributed by atoms with van der Waals surface area (Å²) in [5, 5.41) is 0. The third-order valence-corrected chi connectivity index (χ3v) is 5.06. The second kappa shape index (κ2) is 7.04. The number of nitrogens with zero attached hydrogens (tertiary/aromatic N) is 3. The van der Waals surface area contributed by atoms with Gasteiger partial charge in [0.25, 0.3) is 0 Å². The largest absolute Gasteiger partial charge is 0.485 e. The van der Waals surface area contributed by atoms with Crippen LogP contribution in [0.2, 0.25) is 0 Å². The van der Waals surface area contributed by atoms with Crippen LogP contribution in [0.4, 0.5) is 0 Å². The predicted molar refractivity (Wildman–Crippen MR) is 95.3 cm³/mol. The fourth-order valence-electron chi connectivity index (χ4n) is 3.63. The molecule has 1 saturated heterocycles. The number of hydrogen-bond donors (Lipinski definition) is 0. The second-order valence-electron chi connectivity index (χ2n) is 7.39. The highest BCUT2D eigenvalue weighted by atomic mass is 16.5. The van der Waals surface area contributed by atoms with Crippen LogP contribution in [-0.2, 0) is 16.1 Å². The van der Waals surface area contributed by atoms with Gasteiger partial charge in [0.15, 0.2) is 0 Å². The molecule has 0 aliphatic carbocycles. The zero-order valence-corrected chi connectivity index (χ0v) is 15.3. The molecule has 0 atom stereocenters. The lowest BCUT2D eigenvalue weighted by Gasteiger charge is -2.42. The van der Waals surface area contributed by atoms with Gasteiger partial charge in [0.05, 0.1) is 13.1 Å². The first-order chi connectivity index (χ1) is 11.9. The molecule has 136 valence electrons. The van der Waals surface area contributed by atoms with E-state index >= 15 is 0 Å². The number of piperidine rings is 1. The van der Waals surface area contributed by atoms with Gasteiger partial charge in [0.2, 0.25) is 11.8 Å². The van der Waals surface area contributed by atoms with Crippen molar-refractivity contribution in [1.29, 1.82) is 0 Å². The third-order valence-electron chi connectivity index (χ3n) is 5.06. The van der Waals surface area contributed by atoms with Gasteiger partial charge in [-0.3, -0.25) is 9.59 Å². The Balaban J connectivity index is 1.77. The van der Waals surface area contributed by atoms with E-state index in [1.165, 1.54) is 0 Å². The van der Waals surface area contributed by atoms with Gasteiger partial charge in [0, 0.05) is 45.0 Å². The number of benzene rings is 1. The molecule has 1 aromatic rings. The Morgan fingerprint density at radius 3 is 2.48 bits per heavy atom. The van der Waals surface area contributed by atoms with Crippen molar-refractivity contribution in [1.82, 2.24) is 14.7 Å². The van der Waals surface area contributed by atoms with E-state index in [1.807, 2.05) is 53.1 Å². The number of hydrogen-bond acceptors (Lipinski definition) is 4. The molecule has 0 saturated carbocycles. The zero-order chi connectivity index (χ0) is 18.0. The molecule has 1 fully saturated rings. The monoisotopic (exact) mass is 345 g/mol. The van der Waals surface area contributed by atoms with Crippen LogP contribution in [0, 0.1) is 0 Å². The first-order valence-corrected chi connectivity index (χ1v) is 8.83. The number of likely N-dealkylation sites (tertiary alicyclic amines) is 1. The first-order valence-electron chi connectivity index (χ1n) is 8.83. The van der Waals surface area contributed by atoms with Crippen LogP contribution in [0.25, 0.3) is 0 Å². The van der Waals surface area contributed by atoms with E-state index in [4.69, 9.17) is 4.74 Å². The quantitative estimate of drug-likeness (QED) is 0.812. The number of likely N-dealkylation sites (N-methyl/N-ethyl adjacent to an activating group) is 1. The van der Waals surface area contributed by atoms with E-state index in [1.54, 1.807) is 6.92 Å². The molecule has 1 aromatic carbocycles. The highest BCUT2D eigenvalue weighted by Gasteiger charge is 2.42. The van der Waals surface area contributed by atoms with Gasteiger partial charge in [-0.05, 0) is 20.2 Å². The molecule has 0 aromatic heterocycles. The van der Waals surface area contributed by atoms with Crippen molar-refractivity contribution in [3.63, 3.8) is 0 Å². The van der Waals surface area contributed by atoms with Crippen LogP contribution < -0.4 is 4.74 Å². The molecule has 3 rings (SSSR count). The minimum absolute atomic E-state index is 0.0609. The molecular formula is C19H27N3O3. The normalized spacial score (nSPS) is 19.4. The summed E-state index contributed by atoms with van der Waals surface area (Å²) in [7, 11) is 3.80. The fraction of sp³-hybridized carbons (Fsp3) is 0.579. The molecule has 0 N–H and O–H groups in total. The maximum Gasteiger partial charge on any atom is 0.236 e. The van der Waals surface area contributed by atoms with Crippen LogP contribution in [0.15, 0.2) is 24.3 Å². The summed E-state index contributed by atoms with van der Waals surface area (Å²) < 4.78 is 6.43. The Hall–Kier alpha value is -2.08. The minimum atomic E-state index is -0.410. The SMILES string of the molecule is CC(=O)N1Cc2ccccc2OC2(CCN(C(=O)CN(C)C)CC2)C1. The van der Waals surface area contributed by atoms with Crippen LogP contribution in [0.5, 0.6) is 5.75 Å². The maximum atomic E-state index is 12.3. The van der Waals surface area contributed by atoms with E-state index < -0.39 is 5.60 Å². The van der Waals surface area contributed by atoms with Crippen molar-refractivity contribution in [2.24, 2.45) is 0 Å². The zero-order valence-electron chi connectivity index (χ0n) is 15.3. The fourth-order valence-corrected chi connectivity index (χ4v) is 3.63. The standard InChI is InChI=1S/C19H27N3O3/c1-15(23)22-12-16-6-4-5-7-17(16)25-19(14-22)8-10-21(11-9-19)18(24)13-20(2)3/h4-7H,8-14H2,1-3H3. The van der Waals surface area contributed by atoms with Gasteiger partial charge in [-0.25, -0.2) is 0 Å². The second-order valence-corrected chi connectivity index (χ2v) is 7.39. The number of ether oxygens (including phenoxy) is 1. The number of amides is 2. The summed E-state index contributed by atoms with van der Waals surface area (Å²) in [6, 6.07) is 7.93. The molecule has 0 unspecified atom stereocenters. The van der Waals surface area contributed by atoms with Crippen LogP contribution >= 0.6 is 0 Å². The molecule has 2 heterocycles. The van der Waals surface area contributed by atoms with Gasteiger partial charge in [-0.2, -0.15) is 0 Å². The summed E-state index contributed by atoms with van der Waals surface area (Å²) in [6.07, 6.45) is 1.48. The average molecular weight is 345 g/mol. The minimum Gasteiger partial charge on any atom is -0.485 e. The van der Waals surface area contributed by atoms with Crippen LogP contribution in [-0.4, -0.2) is 72.4 Å². The third kappa shape index (κ3) is 3.95. The van der Waals surface area contributed by atoms with Crippen molar-refractivity contribution in [2.45, 2.75) is 31.9 Å². The molecule has 0 radical (unpaired) electrons. The van der Waals surface area contributed by atoms with Crippen molar-refractivity contribution < 1.29 is 14.3 Å². The lowest BCUT2D eigenvalue weighted by molar-refractivity contribution is -0.139. The molecule has 1 spiro atoms. The van der Waals surface area contributed by atoms with Gasteiger partial charge in [-0.1, -0.05) is 18.2 Å². The van der Waals surface area contributed by atoms with E-state index in [0.717, 1.165) is 24.2 Å². The smallest absolute Gasteiger partial charge is 0.236 e. The summed E-state index contributed by atoms with van der Waals surface area (Å²) in [5.74, 6) is 1.07. The van der Waals surface area contributed by atoms with E-state index in [0.29, 0.717) is 32.7 Å². The lowest BCUT2D eigenvalue weighted by Crippen LogP contribution is -2.55. The lowest BCUT2D eigenvalue weighted by atomic mass is 9.90. The Kier molecular flexibility index (Phi) is 4.99. The predicted octanol–water partition coefficient (Wildman–Crippen LogP) is 1.35. The summed E-state index contributed by atoms with van der Waals surface area (Å²) in [6.45, 7) is 4.53. The molecule has 6 heteroatoms. The summed E-state index contributed by atoms with van der Waals surface area (Å²) in [4.78, 5) is 30.0. The van der Waals surface area contributed by atoms with Crippen molar-refractivity contribution in [3.8, 4) is 5.75 Å². The number of fused-ring (bicyclic) bond motifs is 1. The van der Waals surface area contributed by atoms with E-state index in [-0.39, 0.29) is 11.8 Å². The van der Waals surface area contributed by atoms with E-state index in [9.17, 15) is 9.59 Å². The molecule has 6 nitrogen and oxygen atoms in total. The van der Waals surface area contributed by atoms with Gasteiger partial charge < -0.3 is 19.4 Å². The van der Waals surface area contributed by atoms with Crippen molar-refractivity contribution in [3.05, 3.63) is 29.8 Å². The van der Waals surface area contributed by atoms with Crippen LogP contribution in [0.3, 0.4) is 0 Å². The number of para-hydroxylation sites is 1. The topological polar surface area (TPSA) is 53.1 Å². The van der Waals surface area contributed by atoms with Gasteiger partial charge in [0.1, 0.15) is 11.4 Å². The van der Waals surface area contributed by atoms with E-state index in [2.05, 4.69) is 0 Å². The highest BCUT2D eigenvalue weighted by molar-refractivity contribution is 5.78. The molecule has 0 bridgehead atoms. The van der Waals surface area contributed by atoms with Gasteiger partial charge in [-0.15, -0.1) is 0 Å². The van der Waals surface area contributed by atoms with Gasteiger partial charge >= 0.3 is 0 Å². The molecule has 2 aliphatic rings. The maximum absolute atomic E-state index is 12.3. The summed E-state index contributed by atoms with van der Waals surface area (Å²) in [5.41, 5.74) is 0.633. The first kappa shape index (κ1) is 17.7. The van der Waals surface area contributed by atoms with Crippen LogP contribution in [0.1, 0.15) is 25.3 Å². The molecular weight excluding hydrogens is 318 g/mol. The Bertz CT molecular complexity index is 651. The van der Waals surface area contributed by atoms with Crippen molar-refractivity contribution in [2.75, 3.05) is 40.3 Å². The number of carbonyl (C=O) groups excluding carboxylic acids is 2. The average Bonchev–Trinajstić information content (AvgIpc) is 2.71. The Morgan fingerprint density at radius 1 is 1.16 bits per heavy atom. The molecule has 2 aliphatic heterocycles. The molecule has 25 heavy (non-hydrogen) atoms. The number of rotatable bonds is 2. The number of carbonyl (C=O) groups is 2. The Morgan fingerprint density at radius 2 is 1.84 bits per heavy atom. The summed E-state index contributed by atoms with van der Waals surface area (Å²) >= 11 is 0. The Labute approximate surface area is 149 Å².